The Kier molecular flexibility index (Phi) is 7.71. The number of rotatable bonds is 9. The maximum absolute atomic E-state index is 12.1. The lowest BCUT2D eigenvalue weighted by molar-refractivity contribution is -0.145. The van der Waals surface area contributed by atoms with Gasteiger partial charge in [-0.15, -0.1) is 11.6 Å². The molecule has 5 nitrogen and oxygen atoms in total. The lowest BCUT2D eigenvalue weighted by Gasteiger charge is -2.16. The first-order chi connectivity index (χ1) is 9.98. The maximum atomic E-state index is 12.1. The molecule has 0 unspecified atom stereocenters. The molecule has 118 valence electrons. The predicted molar refractivity (Wildman–Crippen MR) is 82.6 cm³/mol. The van der Waals surface area contributed by atoms with Gasteiger partial charge in [0.1, 0.15) is 6.04 Å². The molecule has 0 radical (unpaired) electrons. The summed E-state index contributed by atoms with van der Waals surface area (Å²) in [5.74, 6) is -0.609. The van der Waals surface area contributed by atoms with E-state index in [1.807, 2.05) is 13.0 Å². The normalized spacial score (nSPS) is 12.9. The Bertz CT molecular complexity index is 533. The topological polar surface area (TPSA) is 72.5 Å². The summed E-state index contributed by atoms with van der Waals surface area (Å²) in [5.41, 5.74) is 0.650. The van der Waals surface area contributed by atoms with Crippen LogP contribution in [0.1, 0.15) is 25.3 Å². The van der Waals surface area contributed by atoms with Crippen LogP contribution >= 0.6 is 11.6 Å². The van der Waals surface area contributed by atoms with Gasteiger partial charge in [-0.1, -0.05) is 37.3 Å². The first-order valence-corrected chi connectivity index (χ1v) is 8.93. The summed E-state index contributed by atoms with van der Waals surface area (Å²) in [5, 5.41) is 0. The molecule has 1 atom stereocenters. The van der Waals surface area contributed by atoms with E-state index in [9.17, 15) is 13.2 Å². The average Bonchev–Trinajstić information content (AvgIpc) is 2.44. The Hall–Kier alpha value is -1.11. The number of carbonyl (C=O) groups is 1. The van der Waals surface area contributed by atoms with Crippen molar-refractivity contribution in [3.05, 3.63) is 35.9 Å². The van der Waals surface area contributed by atoms with Crippen LogP contribution in [0.4, 0.5) is 0 Å². The molecule has 0 amide bonds. The quantitative estimate of drug-likeness (QED) is 0.554. The van der Waals surface area contributed by atoms with Gasteiger partial charge in [-0.25, -0.2) is 13.1 Å². The molecule has 0 fully saturated rings. The third-order valence-corrected chi connectivity index (χ3v) is 4.23. The maximum Gasteiger partial charge on any atom is 0.324 e. The van der Waals surface area contributed by atoms with Crippen molar-refractivity contribution in [2.24, 2.45) is 0 Å². The molecule has 21 heavy (non-hydrogen) atoms. The minimum absolute atomic E-state index is 0.166. The number of halogens is 1. The van der Waals surface area contributed by atoms with Crippen molar-refractivity contribution in [1.29, 1.82) is 0 Å². The van der Waals surface area contributed by atoms with Crippen LogP contribution in [-0.2, 0) is 25.3 Å². The Morgan fingerprint density at radius 3 is 2.57 bits per heavy atom. The molecule has 0 aliphatic heterocycles. The fourth-order valence-electron chi connectivity index (χ4n) is 1.69. The summed E-state index contributed by atoms with van der Waals surface area (Å²) >= 11 is 5.62. The molecule has 0 saturated heterocycles. The lowest BCUT2D eigenvalue weighted by atomic mass is 10.2. The monoisotopic (exact) mass is 333 g/mol. The molecule has 0 spiro atoms. The molecule has 1 aromatic carbocycles. The summed E-state index contributed by atoms with van der Waals surface area (Å²) in [7, 11) is -3.64. The fraction of sp³-hybridized carbons (Fsp3) is 0.500. The van der Waals surface area contributed by atoms with Crippen LogP contribution in [-0.4, -0.2) is 32.9 Å². The third kappa shape index (κ3) is 6.93. The molecule has 1 N–H and O–H groups in total. The first kappa shape index (κ1) is 17.9. The number of benzene rings is 1. The van der Waals surface area contributed by atoms with Gasteiger partial charge in [0.2, 0.25) is 10.0 Å². The number of sulfonamides is 1. The number of alkyl halides is 1. The van der Waals surface area contributed by atoms with Crippen molar-refractivity contribution in [3.8, 4) is 0 Å². The van der Waals surface area contributed by atoms with Gasteiger partial charge in [0, 0.05) is 5.88 Å². The predicted octanol–water partition coefficient (Wildman–Crippen LogP) is 2.06. The first-order valence-electron chi connectivity index (χ1n) is 6.75. The molecule has 1 rings (SSSR count). The van der Waals surface area contributed by atoms with Crippen LogP contribution < -0.4 is 4.72 Å². The smallest absolute Gasteiger partial charge is 0.324 e. The summed E-state index contributed by atoms with van der Waals surface area (Å²) < 4.78 is 31.5. The summed E-state index contributed by atoms with van der Waals surface area (Å²) in [6.45, 7) is 2.13. The number of hydrogen-bond donors (Lipinski definition) is 1. The van der Waals surface area contributed by atoms with Crippen molar-refractivity contribution in [2.75, 3.05) is 12.5 Å². The summed E-state index contributed by atoms with van der Waals surface area (Å²) in [6, 6.07) is 7.81. The van der Waals surface area contributed by atoms with Crippen LogP contribution in [0.5, 0.6) is 0 Å². The Morgan fingerprint density at radius 2 is 2.00 bits per heavy atom. The van der Waals surface area contributed by atoms with E-state index >= 15 is 0 Å². The Morgan fingerprint density at radius 1 is 1.33 bits per heavy atom. The minimum atomic E-state index is -3.64. The highest BCUT2D eigenvalue weighted by Crippen LogP contribution is 2.07. The van der Waals surface area contributed by atoms with Crippen molar-refractivity contribution < 1.29 is 17.9 Å². The van der Waals surface area contributed by atoms with Gasteiger partial charge >= 0.3 is 5.97 Å². The van der Waals surface area contributed by atoms with Crippen LogP contribution in [0.15, 0.2) is 30.3 Å². The highest BCUT2D eigenvalue weighted by molar-refractivity contribution is 7.88. The van der Waals surface area contributed by atoms with E-state index in [0.717, 1.165) is 0 Å². The molecular weight excluding hydrogens is 314 g/mol. The van der Waals surface area contributed by atoms with E-state index in [2.05, 4.69) is 4.72 Å². The summed E-state index contributed by atoms with van der Waals surface area (Å²) in [6.07, 6.45) is 0.869. The second kappa shape index (κ2) is 9.02. The molecule has 0 heterocycles. The largest absolute Gasteiger partial charge is 0.465 e. The van der Waals surface area contributed by atoms with Crippen molar-refractivity contribution >= 4 is 27.6 Å². The van der Waals surface area contributed by atoms with E-state index in [1.54, 1.807) is 24.3 Å². The molecule has 0 aliphatic carbocycles. The van der Waals surface area contributed by atoms with Crippen molar-refractivity contribution in [3.63, 3.8) is 0 Å². The van der Waals surface area contributed by atoms with Gasteiger partial charge < -0.3 is 4.74 Å². The lowest BCUT2D eigenvalue weighted by Crippen LogP contribution is -2.42. The van der Waals surface area contributed by atoms with Gasteiger partial charge in [-0.3, -0.25) is 4.79 Å². The molecule has 0 bridgehead atoms. The number of hydrogen-bond acceptors (Lipinski definition) is 4. The molecule has 1 aromatic rings. The van der Waals surface area contributed by atoms with E-state index < -0.39 is 22.0 Å². The van der Waals surface area contributed by atoms with Crippen LogP contribution in [0.3, 0.4) is 0 Å². The van der Waals surface area contributed by atoms with E-state index in [-0.39, 0.29) is 24.7 Å². The molecule has 7 heteroatoms. The standard InChI is InChI=1S/C14H20ClNO4S/c1-2-10-20-14(17)13(8-9-15)16-21(18,19)11-12-6-4-3-5-7-12/h3-7,13,16H,2,8-11H2,1H3/t13-/m0/s1. The third-order valence-electron chi connectivity index (χ3n) is 2.65. The molecule has 0 saturated carbocycles. The van der Waals surface area contributed by atoms with E-state index in [4.69, 9.17) is 16.3 Å². The number of carbonyl (C=O) groups excluding carboxylic acids is 1. The minimum Gasteiger partial charge on any atom is -0.465 e. The van der Waals surface area contributed by atoms with Gasteiger partial charge in [-0.05, 0) is 18.4 Å². The number of nitrogens with one attached hydrogen (secondary N) is 1. The molecule has 0 aliphatic rings. The van der Waals surface area contributed by atoms with E-state index in [1.165, 1.54) is 0 Å². The Labute approximate surface area is 130 Å². The Balaban J connectivity index is 2.70. The average molecular weight is 334 g/mol. The second-order valence-corrected chi connectivity index (χ2v) is 6.69. The molecule has 0 aromatic heterocycles. The zero-order valence-corrected chi connectivity index (χ0v) is 13.5. The van der Waals surface area contributed by atoms with Gasteiger partial charge in [0.15, 0.2) is 0 Å². The fourth-order valence-corrected chi connectivity index (χ4v) is 3.27. The van der Waals surface area contributed by atoms with Crippen LogP contribution in [0.2, 0.25) is 0 Å². The van der Waals surface area contributed by atoms with Gasteiger partial charge in [0.25, 0.3) is 0 Å². The number of ether oxygens (including phenoxy) is 1. The van der Waals surface area contributed by atoms with Crippen molar-refractivity contribution in [1.82, 2.24) is 4.72 Å². The van der Waals surface area contributed by atoms with Gasteiger partial charge in [-0.2, -0.15) is 0 Å². The highest BCUT2D eigenvalue weighted by Gasteiger charge is 2.25. The highest BCUT2D eigenvalue weighted by atomic mass is 35.5. The zero-order valence-electron chi connectivity index (χ0n) is 11.9. The second-order valence-electron chi connectivity index (χ2n) is 4.56. The van der Waals surface area contributed by atoms with E-state index in [0.29, 0.717) is 12.0 Å². The van der Waals surface area contributed by atoms with Crippen molar-refractivity contribution in [2.45, 2.75) is 31.6 Å². The number of esters is 1. The molecular formula is C14H20ClNO4S. The van der Waals surface area contributed by atoms with Crippen LogP contribution in [0, 0.1) is 0 Å². The van der Waals surface area contributed by atoms with Crippen LogP contribution in [0.25, 0.3) is 0 Å². The SMILES string of the molecule is CCCOC(=O)[C@H](CCCl)NS(=O)(=O)Cc1ccccc1. The zero-order chi connectivity index (χ0) is 15.7. The van der Waals surface area contributed by atoms with Gasteiger partial charge in [0.05, 0.1) is 12.4 Å². The summed E-state index contributed by atoms with van der Waals surface area (Å²) in [4.78, 5) is 11.8.